The van der Waals surface area contributed by atoms with Crippen LogP contribution in [0.25, 0.3) is 0 Å². The van der Waals surface area contributed by atoms with Crippen LogP contribution in [0.3, 0.4) is 0 Å². The summed E-state index contributed by atoms with van der Waals surface area (Å²) in [5.74, 6) is 0.368. The van der Waals surface area contributed by atoms with E-state index in [0.29, 0.717) is 10.6 Å². The number of aromatic amines is 1. The lowest BCUT2D eigenvalue weighted by Gasteiger charge is -2.18. The van der Waals surface area contributed by atoms with Crippen molar-refractivity contribution in [1.82, 2.24) is 14.8 Å². The number of rotatable bonds is 2. The molecular weight excluding hydrogens is 222 g/mol. The number of hydrogen-bond donors (Lipinski definition) is 1. The Morgan fingerprint density at radius 2 is 2.00 bits per heavy atom. The summed E-state index contributed by atoms with van der Waals surface area (Å²) in [7, 11) is -1.52. The van der Waals surface area contributed by atoms with Gasteiger partial charge in [-0.1, -0.05) is 0 Å². The van der Waals surface area contributed by atoms with Crippen molar-refractivity contribution >= 4 is 22.1 Å². The molecule has 0 bridgehead atoms. The summed E-state index contributed by atoms with van der Waals surface area (Å²) >= 11 is 4.89. The van der Waals surface area contributed by atoms with E-state index >= 15 is 0 Å². The highest BCUT2D eigenvalue weighted by Gasteiger charge is 2.35. The van der Waals surface area contributed by atoms with Crippen LogP contribution in [0, 0.1) is 4.77 Å². The van der Waals surface area contributed by atoms with Gasteiger partial charge < -0.3 is 0 Å². The molecule has 0 fully saturated rings. The van der Waals surface area contributed by atoms with E-state index in [2.05, 4.69) is 10.1 Å². The molecule has 1 N–H and O–H groups in total. The molecule has 1 aromatic rings. The largest absolute Gasteiger partial charge is 0.282 e. The molecule has 0 saturated carbocycles. The van der Waals surface area contributed by atoms with E-state index in [0.717, 1.165) is 0 Å². The van der Waals surface area contributed by atoms with Crippen molar-refractivity contribution in [2.24, 2.45) is 7.05 Å². The SMILES string of the molecule is Cn1[nH]c(C(C)(C)S(C)(=O)=O)nc1=S. The molecule has 0 atom stereocenters. The second-order valence-corrected chi connectivity index (χ2v) is 6.63. The summed E-state index contributed by atoms with van der Waals surface area (Å²) in [6.07, 6.45) is 1.18. The molecule has 0 radical (unpaired) electrons. The van der Waals surface area contributed by atoms with Gasteiger partial charge in [0.15, 0.2) is 9.84 Å². The number of H-pyrrole nitrogens is 1. The van der Waals surface area contributed by atoms with E-state index < -0.39 is 14.6 Å². The molecule has 80 valence electrons. The molecule has 0 aliphatic rings. The number of aryl methyl sites for hydroxylation is 1. The van der Waals surface area contributed by atoms with Crippen LogP contribution >= 0.6 is 12.2 Å². The Balaban J connectivity index is 3.38. The summed E-state index contributed by atoms with van der Waals surface area (Å²) in [6.45, 7) is 3.19. The van der Waals surface area contributed by atoms with E-state index in [1.165, 1.54) is 10.9 Å². The first-order valence-corrected chi connectivity index (χ1v) is 6.29. The lowest BCUT2D eigenvalue weighted by Crippen LogP contribution is -2.29. The van der Waals surface area contributed by atoms with Crippen molar-refractivity contribution < 1.29 is 8.42 Å². The van der Waals surface area contributed by atoms with Gasteiger partial charge in [0, 0.05) is 13.3 Å². The first-order valence-electron chi connectivity index (χ1n) is 3.99. The number of hydrogen-bond acceptors (Lipinski definition) is 4. The van der Waals surface area contributed by atoms with Gasteiger partial charge in [-0.3, -0.25) is 9.78 Å². The van der Waals surface area contributed by atoms with Crippen LogP contribution in [-0.2, 0) is 21.6 Å². The van der Waals surface area contributed by atoms with Gasteiger partial charge in [0.05, 0.1) is 0 Å². The van der Waals surface area contributed by atoms with Gasteiger partial charge in [0.2, 0.25) is 4.77 Å². The van der Waals surface area contributed by atoms with Gasteiger partial charge in [0.1, 0.15) is 10.6 Å². The molecule has 0 unspecified atom stereocenters. The Hall–Kier alpha value is -0.690. The lowest BCUT2D eigenvalue weighted by atomic mass is 10.2. The van der Waals surface area contributed by atoms with Gasteiger partial charge in [-0.2, -0.15) is 0 Å². The van der Waals surface area contributed by atoms with Crippen LogP contribution < -0.4 is 0 Å². The van der Waals surface area contributed by atoms with Gasteiger partial charge in [0.25, 0.3) is 0 Å². The highest BCUT2D eigenvalue weighted by Crippen LogP contribution is 2.25. The minimum Gasteiger partial charge on any atom is -0.282 e. The summed E-state index contributed by atoms with van der Waals surface area (Å²) in [6, 6.07) is 0. The van der Waals surface area contributed by atoms with Crippen LogP contribution in [0.2, 0.25) is 0 Å². The topological polar surface area (TPSA) is 67.8 Å². The van der Waals surface area contributed by atoms with Gasteiger partial charge in [-0.25, -0.2) is 13.4 Å². The molecule has 0 aliphatic heterocycles. The Labute approximate surface area is 88.1 Å². The third kappa shape index (κ3) is 1.74. The molecule has 7 heteroatoms. The molecule has 14 heavy (non-hydrogen) atoms. The van der Waals surface area contributed by atoms with E-state index in [1.54, 1.807) is 20.9 Å². The zero-order valence-corrected chi connectivity index (χ0v) is 10.2. The Morgan fingerprint density at radius 1 is 1.50 bits per heavy atom. The fraction of sp³-hybridized carbons (Fsp3) is 0.714. The van der Waals surface area contributed by atoms with E-state index in [-0.39, 0.29) is 0 Å². The quantitative estimate of drug-likeness (QED) is 0.768. The molecule has 0 aliphatic carbocycles. The second kappa shape index (κ2) is 3.16. The zero-order valence-electron chi connectivity index (χ0n) is 8.53. The van der Waals surface area contributed by atoms with Crippen molar-refractivity contribution in [3.63, 3.8) is 0 Å². The minimum atomic E-state index is -3.21. The predicted molar refractivity (Wildman–Crippen MR) is 56.3 cm³/mol. The van der Waals surface area contributed by atoms with Crippen LogP contribution in [-0.4, -0.2) is 29.4 Å². The lowest BCUT2D eigenvalue weighted by molar-refractivity contribution is 0.547. The van der Waals surface area contributed by atoms with E-state index in [1.807, 2.05) is 0 Å². The van der Waals surface area contributed by atoms with Gasteiger partial charge in [-0.15, -0.1) is 0 Å². The van der Waals surface area contributed by atoms with Crippen LogP contribution in [0.4, 0.5) is 0 Å². The van der Waals surface area contributed by atoms with Crippen LogP contribution in [0.5, 0.6) is 0 Å². The van der Waals surface area contributed by atoms with Gasteiger partial charge >= 0.3 is 0 Å². The maximum Gasteiger partial charge on any atom is 0.215 e. The number of nitrogens with one attached hydrogen (secondary N) is 1. The second-order valence-electron chi connectivity index (χ2n) is 3.70. The molecule has 0 aromatic carbocycles. The monoisotopic (exact) mass is 235 g/mol. The smallest absolute Gasteiger partial charge is 0.215 e. The Kier molecular flexibility index (Phi) is 2.57. The van der Waals surface area contributed by atoms with Crippen molar-refractivity contribution in [3.05, 3.63) is 10.6 Å². The predicted octanol–water partition coefficient (Wildman–Crippen LogP) is 0.757. The standard InChI is InChI=1S/C7H13N3O2S2/c1-7(2,14(4,11)12)5-8-6(13)10(3)9-5/h1-4H3,(H,8,9,13). The summed E-state index contributed by atoms with van der Waals surface area (Å²) in [4.78, 5) is 3.99. The van der Waals surface area contributed by atoms with E-state index in [4.69, 9.17) is 12.2 Å². The van der Waals surface area contributed by atoms with Crippen molar-refractivity contribution in [2.45, 2.75) is 18.6 Å². The van der Waals surface area contributed by atoms with Crippen molar-refractivity contribution in [2.75, 3.05) is 6.26 Å². The molecule has 0 amide bonds. The first-order chi connectivity index (χ1) is 6.16. The fourth-order valence-electron chi connectivity index (χ4n) is 0.847. The number of sulfone groups is 1. The Bertz CT molecular complexity index is 495. The molecule has 0 saturated heterocycles. The zero-order chi connectivity index (χ0) is 11.1. The first kappa shape index (κ1) is 11.4. The summed E-state index contributed by atoms with van der Waals surface area (Å²) in [5, 5.41) is 2.81. The maximum absolute atomic E-state index is 11.5. The molecular formula is C7H13N3O2S2. The minimum absolute atomic E-state index is 0.344. The molecule has 1 aromatic heterocycles. The average molecular weight is 235 g/mol. The highest BCUT2D eigenvalue weighted by molar-refractivity contribution is 7.91. The van der Waals surface area contributed by atoms with Crippen LogP contribution in [0.15, 0.2) is 0 Å². The number of aromatic nitrogens is 3. The molecule has 1 heterocycles. The normalized spacial score (nSPS) is 13.1. The molecule has 5 nitrogen and oxygen atoms in total. The van der Waals surface area contributed by atoms with Crippen LogP contribution in [0.1, 0.15) is 19.7 Å². The van der Waals surface area contributed by atoms with Crippen molar-refractivity contribution in [1.29, 1.82) is 0 Å². The molecule has 1 rings (SSSR count). The highest BCUT2D eigenvalue weighted by atomic mass is 32.2. The Morgan fingerprint density at radius 3 is 2.29 bits per heavy atom. The van der Waals surface area contributed by atoms with Crippen molar-refractivity contribution in [3.8, 4) is 0 Å². The van der Waals surface area contributed by atoms with Gasteiger partial charge in [-0.05, 0) is 26.1 Å². The third-order valence-corrected chi connectivity index (χ3v) is 4.68. The van der Waals surface area contributed by atoms with E-state index in [9.17, 15) is 8.42 Å². The summed E-state index contributed by atoms with van der Waals surface area (Å²) in [5.41, 5.74) is 0. The maximum atomic E-state index is 11.5. The molecule has 0 spiro atoms. The average Bonchev–Trinajstić information content (AvgIpc) is 2.30. The third-order valence-electron chi connectivity index (χ3n) is 2.27. The fourth-order valence-corrected chi connectivity index (χ4v) is 1.43. The summed E-state index contributed by atoms with van der Waals surface area (Å²) < 4.78 is 23.8. The number of nitrogens with zero attached hydrogens (tertiary/aromatic N) is 2.